The summed E-state index contributed by atoms with van der Waals surface area (Å²) in [5, 5.41) is 0.475. The minimum atomic E-state index is 0.253. The van der Waals surface area contributed by atoms with Crippen LogP contribution in [0, 0.1) is 0 Å². The second-order valence-electron chi connectivity index (χ2n) is 4.95. The molecular weight excluding hydrogens is 230 g/mol. The van der Waals surface area contributed by atoms with E-state index in [4.69, 9.17) is 0 Å². The lowest BCUT2D eigenvalue weighted by Gasteiger charge is -2.22. The molecule has 1 rings (SSSR count). The summed E-state index contributed by atoms with van der Waals surface area (Å²) in [6.45, 7) is 4.92. The van der Waals surface area contributed by atoms with Gasteiger partial charge in [0.1, 0.15) is 0 Å². The molecule has 1 amide bonds. The predicted octanol–water partition coefficient (Wildman–Crippen LogP) is 4.05. The van der Waals surface area contributed by atoms with Gasteiger partial charge in [-0.1, -0.05) is 51.9 Å². The van der Waals surface area contributed by atoms with E-state index in [0.717, 1.165) is 12.3 Å². The lowest BCUT2D eigenvalue weighted by Crippen LogP contribution is -2.32. The summed E-state index contributed by atoms with van der Waals surface area (Å²) >= 11 is 1.96. The maximum absolute atomic E-state index is 11.4. The van der Waals surface area contributed by atoms with Crippen molar-refractivity contribution in [2.75, 3.05) is 12.3 Å². The molecule has 2 nitrogen and oxygen atoms in total. The third-order valence-electron chi connectivity index (χ3n) is 3.45. The van der Waals surface area contributed by atoms with Gasteiger partial charge in [0.15, 0.2) is 0 Å². The highest BCUT2D eigenvalue weighted by atomic mass is 32.2. The molecule has 0 N–H and O–H groups in total. The summed E-state index contributed by atoms with van der Waals surface area (Å²) < 4.78 is 0. The first-order chi connectivity index (χ1) is 8.25. The fraction of sp³-hybridized carbons (Fsp3) is 0.929. The Hall–Kier alpha value is -0.180. The first-order valence-corrected chi connectivity index (χ1v) is 8.19. The van der Waals surface area contributed by atoms with Crippen LogP contribution in [0.2, 0.25) is 0 Å². The van der Waals surface area contributed by atoms with Crippen LogP contribution in [0.5, 0.6) is 0 Å². The maximum Gasteiger partial charge on any atom is 0.220 e. The number of unbranched alkanes of at least 4 members (excludes halogenated alkanes) is 6. The zero-order chi connectivity index (χ0) is 12.5. The molecule has 1 saturated heterocycles. The van der Waals surface area contributed by atoms with Crippen molar-refractivity contribution in [2.45, 2.75) is 70.6 Å². The highest BCUT2D eigenvalue weighted by Gasteiger charge is 2.26. The van der Waals surface area contributed by atoms with Crippen LogP contribution in [0.25, 0.3) is 0 Å². The molecule has 100 valence electrons. The predicted molar refractivity (Wildman–Crippen MR) is 76.2 cm³/mol. The average molecular weight is 257 g/mol. The number of nitrogens with zero attached hydrogens (tertiary/aromatic N) is 1. The molecule has 0 saturated carbocycles. The van der Waals surface area contributed by atoms with Gasteiger partial charge in [-0.2, -0.15) is 0 Å². The van der Waals surface area contributed by atoms with Gasteiger partial charge in [-0.3, -0.25) is 4.79 Å². The van der Waals surface area contributed by atoms with E-state index in [2.05, 4.69) is 6.92 Å². The molecule has 0 aromatic heterocycles. The highest BCUT2D eigenvalue weighted by molar-refractivity contribution is 8.00. The van der Waals surface area contributed by atoms with E-state index in [1.807, 2.05) is 16.7 Å². The van der Waals surface area contributed by atoms with Gasteiger partial charge in [-0.15, -0.1) is 11.8 Å². The van der Waals surface area contributed by atoms with E-state index in [1.165, 1.54) is 51.4 Å². The Bertz CT molecular complexity index is 220. The van der Waals surface area contributed by atoms with Crippen LogP contribution in [-0.2, 0) is 4.79 Å². The molecule has 0 bridgehead atoms. The topological polar surface area (TPSA) is 20.3 Å². The average Bonchev–Trinajstić information content (AvgIpc) is 2.76. The van der Waals surface area contributed by atoms with Crippen molar-refractivity contribution in [1.82, 2.24) is 4.90 Å². The molecule has 1 aliphatic heterocycles. The van der Waals surface area contributed by atoms with Crippen LogP contribution < -0.4 is 0 Å². The molecule has 0 spiro atoms. The zero-order valence-electron chi connectivity index (χ0n) is 11.4. The molecule has 0 radical (unpaired) electrons. The van der Waals surface area contributed by atoms with E-state index >= 15 is 0 Å². The monoisotopic (exact) mass is 257 g/mol. The zero-order valence-corrected chi connectivity index (χ0v) is 12.2. The van der Waals surface area contributed by atoms with Crippen molar-refractivity contribution in [3.05, 3.63) is 0 Å². The van der Waals surface area contributed by atoms with Crippen LogP contribution in [0.4, 0.5) is 0 Å². The fourth-order valence-electron chi connectivity index (χ4n) is 2.40. The Morgan fingerprint density at radius 2 is 1.82 bits per heavy atom. The molecule has 3 heteroatoms. The van der Waals surface area contributed by atoms with E-state index < -0.39 is 0 Å². The Morgan fingerprint density at radius 1 is 1.18 bits per heavy atom. The second kappa shape index (κ2) is 8.84. The number of carbonyl (C=O) groups excluding carboxylic acids is 1. The molecule has 1 aliphatic rings. The van der Waals surface area contributed by atoms with Crippen molar-refractivity contribution < 1.29 is 4.79 Å². The summed E-state index contributed by atoms with van der Waals surface area (Å²) in [6, 6.07) is 0. The van der Waals surface area contributed by atoms with Crippen LogP contribution in [0.1, 0.15) is 65.2 Å². The summed E-state index contributed by atoms with van der Waals surface area (Å²) in [6.07, 6.45) is 10.7. The molecule has 1 atom stereocenters. The van der Waals surface area contributed by atoms with Gasteiger partial charge in [0.05, 0.1) is 5.37 Å². The second-order valence-corrected chi connectivity index (χ2v) is 6.23. The van der Waals surface area contributed by atoms with Gasteiger partial charge in [-0.05, 0) is 6.42 Å². The number of rotatable bonds is 8. The fourth-order valence-corrected chi connectivity index (χ4v) is 3.74. The van der Waals surface area contributed by atoms with Gasteiger partial charge in [-0.25, -0.2) is 0 Å². The lowest BCUT2D eigenvalue weighted by molar-refractivity contribution is -0.128. The van der Waals surface area contributed by atoms with Crippen LogP contribution in [0.3, 0.4) is 0 Å². The minimum Gasteiger partial charge on any atom is -0.330 e. The van der Waals surface area contributed by atoms with Gasteiger partial charge in [0.25, 0.3) is 0 Å². The van der Waals surface area contributed by atoms with Crippen molar-refractivity contribution in [1.29, 1.82) is 0 Å². The normalized spacial score (nSPS) is 19.9. The molecule has 1 fully saturated rings. The van der Waals surface area contributed by atoms with Crippen molar-refractivity contribution in [2.24, 2.45) is 0 Å². The summed E-state index contributed by atoms with van der Waals surface area (Å²) in [5.41, 5.74) is 0. The number of carbonyl (C=O) groups is 1. The molecule has 0 aliphatic carbocycles. The van der Waals surface area contributed by atoms with E-state index in [-0.39, 0.29) is 5.91 Å². The van der Waals surface area contributed by atoms with Crippen LogP contribution >= 0.6 is 11.8 Å². The molecule has 1 unspecified atom stereocenters. The smallest absolute Gasteiger partial charge is 0.220 e. The third kappa shape index (κ3) is 5.80. The molecule has 17 heavy (non-hydrogen) atoms. The highest BCUT2D eigenvalue weighted by Crippen LogP contribution is 2.28. The summed E-state index contributed by atoms with van der Waals surface area (Å²) in [5.74, 6) is 1.38. The Balaban J connectivity index is 2.00. The van der Waals surface area contributed by atoms with Crippen molar-refractivity contribution in [3.63, 3.8) is 0 Å². The Labute approximate surface area is 111 Å². The van der Waals surface area contributed by atoms with Gasteiger partial charge in [0.2, 0.25) is 5.91 Å². The Kier molecular flexibility index (Phi) is 7.74. The molecular formula is C14H27NOS. The Morgan fingerprint density at radius 3 is 2.47 bits per heavy atom. The number of amides is 1. The van der Waals surface area contributed by atoms with Crippen LogP contribution in [-0.4, -0.2) is 28.5 Å². The van der Waals surface area contributed by atoms with Gasteiger partial charge >= 0.3 is 0 Å². The lowest BCUT2D eigenvalue weighted by atomic mass is 10.1. The summed E-state index contributed by atoms with van der Waals surface area (Å²) in [4.78, 5) is 13.4. The molecule has 0 aromatic carbocycles. The van der Waals surface area contributed by atoms with Crippen LogP contribution in [0.15, 0.2) is 0 Å². The van der Waals surface area contributed by atoms with Crippen molar-refractivity contribution in [3.8, 4) is 0 Å². The first-order valence-electron chi connectivity index (χ1n) is 7.14. The molecule has 0 aromatic rings. The van der Waals surface area contributed by atoms with E-state index in [0.29, 0.717) is 5.37 Å². The van der Waals surface area contributed by atoms with Crippen molar-refractivity contribution >= 4 is 17.7 Å². The minimum absolute atomic E-state index is 0.253. The largest absolute Gasteiger partial charge is 0.330 e. The number of hydrogen-bond acceptors (Lipinski definition) is 2. The summed E-state index contributed by atoms with van der Waals surface area (Å²) in [7, 11) is 0. The maximum atomic E-state index is 11.4. The number of thioether (sulfide) groups is 1. The van der Waals surface area contributed by atoms with Gasteiger partial charge < -0.3 is 4.90 Å². The van der Waals surface area contributed by atoms with E-state index in [9.17, 15) is 4.79 Å². The quantitative estimate of drug-likeness (QED) is 0.611. The third-order valence-corrected chi connectivity index (χ3v) is 4.74. The molecule has 1 heterocycles. The SMILES string of the molecule is CCCCCCCCCC1SCCN1C(C)=O. The van der Waals surface area contributed by atoms with Gasteiger partial charge in [0, 0.05) is 19.2 Å². The first kappa shape index (κ1) is 14.9. The standard InChI is InChI=1S/C14H27NOS/c1-3-4-5-6-7-8-9-10-14-15(13(2)16)11-12-17-14/h14H,3-12H2,1-2H3. The number of hydrogen-bond donors (Lipinski definition) is 0. The van der Waals surface area contributed by atoms with E-state index in [1.54, 1.807) is 6.92 Å².